The molecule has 0 aromatic heterocycles. The standard InChI is InChI=1S/C13H17N3O4/c1-6-4-7(2)10(14)5-9(6)12(18)20-8(3)11(17)16-13(15)19/h4-5,8H,14H2,1-3H3,(H3,15,16,17,19). The molecule has 1 rings (SSSR count). The van der Waals surface area contributed by atoms with Crippen LogP contribution in [0.3, 0.4) is 0 Å². The summed E-state index contributed by atoms with van der Waals surface area (Å²) < 4.78 is 4.96. The molecule has 1 atom stereocenters. The van der Waals surface area contributed by atoms with Crippen LogP contribution >= 0.6 is 0 Å². The molecule has 3 amide bonds. The third-order valence-electron chi connectivity index (χ3n) is 2.73. The molecule has 1 aromatic carbocycles. The number of carbonyl (C=O) groups excluding carboxylic acids is 3. The number of primary amides is 1. The van der Waals surface area contributed by atoms with Crippen LogP contribution in [0.5, 0.6) is 0 Å². The predicted octanol–water partition coefficient (Wildman–Crippen LogP) is 0.626. The first-order valence-electron chi connectivity index (χ1n) is 5.90. The minimum absolute atomic E-state index is 0.270. The monoisotopic (exact) mass is 279 g/mol. The van der Waals surface area contributed by atoms with E-state index in [1.807, 2.05) is 12.2 Å². The Morgan fingerprint density at radius 3 is 2.35 bits per heavy atom. The summed E-state index contributed by atoms with van der Waals surface area (Å²) in [5.74, 6) is -1.48. The number of urea groups is 1. The molecular formula is C13H17N3O4. The van der Waals surface area contributed by atoms with Gasteiger partial charge in [0.25, 0.3) is 5.91 Å². The van der Waals surface area contributed by atoms with Crippen molar-refractivity contribution in [1.29, 1.82) is 0 Å². The van der Waals surface area contributed by atoms with Crippen LogP contribution in [0.15, 0.2) is 12.1 Å². The molecule has 0 aliphatic carbocycles. The maximum atomic E-state index is 12.0. The van der Waals surface area contributed by atoms with Crippen molar-refractivity contribution in [2.45, 2.75) is 26.9 Å². The number of esters is 1. The molecule has 0 heterocycles. The second-order valence-corrected chi connectivity index (χ2v) is 4.42. The van der Waals surface area contributed by atoms with Gasteiger partial charge < -0.3 is 16.2 Å². The Kier molecular flexibility index (Phi) is 4.68. The van der Waals surface area contributed by atoms with Crippen LogP contribution in [-0.2, 0) is 9.53 Å². The van der Waals surface area contributed by atoms with E-state index in [1.54, 1.807) is 13.0 Å². The molecule has 5 N–H and O–H groups in total. The molecule has 0 aliphatic heterocycles. The number of benzene rings is 1. The summed E-state index contributed by atoms with van der Waals surface area (Å²) in [5.41, 5.74) is 12.8. The van der Waals surface area contributed by atoms with Gasteiger partial charge in [0.2, 0.25) is 0 Å². The minimum atomic E-state index is -1.14. The minimum Gasteiger partial charge on any atom is -0.449 e. The van der Waals surface area contributed by atoms with E-state index in [1.165, 1.54) is 13.0 Å². The molecule has 0 saturated heterocycles. The second-order valence-electron chi connectivity index (χ2n) is 4.42. The summed E-state index contributed by atoms with van der Waals surface area (Å²) in [4.78, 5) is 33.9. The third kappa shape index (κ3) is 3.71. The number of rotatable bonds is 3. The summed E-state index contributed by atoms with van der Waals surface area (Å²) in [5, 5.41) is 1.83. The lowest BCUT2D eigenvalue weighted by molar-refractivity contribution is -0.127. The average molecular weight is 279 g/mol. The van der Waals surface area contributed by atoms with Crippen LogP contribution in [-0.4, -0.2) is 24.0 Å². The number of hydrogen-bond donors (Lipinski definition) is 3. The summed E-state index contributed by atoms with van der Waals surface area (Å²) >= 11 is 0. The fourth-order valence-electron chi connectivity index (χ4n) is 1.59. The van der Waals surface area contributed by atoms with Gasteiger partial charge in [-0.25, -0.2) is 9.59 Å². The highest BCUT2D eigenvalue weighted by Gasteiger charge is 2.21. The van der Waals surface area contributed by atoms with Gasteiger partial charge in [-0.3, -0.25) is 10.1 Å². The normalized spacial score (nSPS) is 11.6. The molecule has 0 radical (unpaired) electrons. The van der Waals surface area contributed by atoms with Crippen molar-refractivity contribution >= 4 is 23.6 Å². The maximum absolute atomic E-state index is 12.0. The first-order chi connectivity index (χ1) is 9.22. The van der Waals surface area contributed by atoms with Crippen molar-refractivity contribution in [1.82, 2.24) is 5.32 Å². The lowest BCUT2D eigenvalue weighted by Crippen LogP contribution is -2.42. The fourth-order valence-corrected chi connectivity index (χ4v) is 1.59. The zero-order chi connectivity index (χ0) is 15.4. The topological polar surface area (TPSA) is 125 Å². The van der Waals surface area contributed by atoms with Crippen molar-refractivity contribution < 1.29 is 19.1 Å². The van der Waals surface area contributed by atoms with Gasteiger partial charge in [0.05, 0.1) is 5.56 Å². The summed E-state index contributed by atoms with van der Waals surface area (Å²) in [6.45, 7) is 4.89. The van der Waals surface area contributed by atoms with Gasteiger partial charge >= 0.3 is 12.0 Å². The SMILES string of the molecule is Cc1cc(C)c(C(=O)OC(C)C(=O)NC(N)=O)cc1N. The number of nitrogens with two attached hydrogens (primary N) is 2. The summed E-state index contributed by atoms with van der Waals surface area (Å²) in [6.07, 6.45) is -1.14. The van der Waals surface area contributed by atoms with Gasteiger partial charge in [0.1, 0.15) is 0 Å². The highest BCUT2D eigenvalue weighted by Crippen LogP contribution is 2.19. The number of amides is 3. The van der Waals surface area contributed by atoms with E-state index in [2.05, 4.69) is 0 Å². The van der Waals surface area contributed by atoms with Crippen molar-refractivity contribution in [3.63, 3.8) is 0 Å². The number of ether oxygens (including phenoxy) is 1. The van der Waals surface area contributed by atoms with Crippen LogP contribution in [0, 0.1) is 13.8 Å². The number of imide groups is 1. The Labute approximate surface area is 116 Å². The fraction of sp³-hybridized carbons (Fsp3) is 0.308. The molecular weight excluding hydrogens is 262 g/mol. The first kappa shape index (κ1) is 15.5. The predicted molar refractivity (Wildman–Crippen MR) is 72.9 cm³/mol. The maximum Gasteiger partial charge on any atom is 0.339 e. The Hall–Kier alpha value is -2.57. The molecule has 1 aromatic rings. The van der Waals surface area contributed by atoms with Gasteiger partial charge in [-0.05, 0) is 38.0 Å². The van der Waals surface area contributed by atoms with Crippen molar-refractivity contribution in [3.8, 4) is 0 Å². The Balaban J connectivity index is 2.84. The second kappa shape index (κ2) is 6.05. The molecule has 0 aliphatic rings. The van der Waals surface area contributed by atoms with E-state index < -0.39 is 24.0 Å². The number of aryl methyl sites for hydroxylation is 2. The Morgan fingerprint density at radius 1 is 1.20 bits per heavy atom. The van der Waals surface area contributed by atoms with Gasteiger partial charge in [-0.1, -0.05) is 6.07 Å². The molecule has 7 heteroatoms. The van der Waals surface area contributed by atoms with Gasteiger partial charge in [0, 0.05) is 5.69 Å². The first-order valence-corrected chi connectivity index (χ1v) is 5.90. The molecule has 7 nitrogen and oxygen atoms in total. The van der Waals surface area contributed by atoms with E-state index in [0.29, 0.717) is 11.3 Å². The van der Waals surface area contributed by atoms with Crippen molar-refractivity contribution in [2.24, 2.45) is 5.73 Å². The molecule has 0 fully saturated rings. The van der Waals surface area contributed by atoms with Gasteiger partial charge in [0.15, 0.2) is 6.10 Å². The van der Waals surface area contributed by atoms with Crippen LogP contribution in [0.25, 0.3) is 0 Å². The van der Waals surface area contributed by atoms with E-state index >= 15 is 0 Å². The summed E-state index contributed by atoms with van der Waals surface area (Å²) in [7, 11) is 0. The molecule has 0 spiro atoms. The van der Waals surface area contributed by atoms with Gasteiger partial charge in [-0.2, -0.15) is 0 Å². The number of hydrogen-bond acceptors (Lipinski definition) is 5. The molecule has 0 saturated carbocycles. The van der Waals surface area contributed by atoms with Gasteiger partial charge in [-0.15, -0.1) is 0 Å². The molecule has 1 unspecified atom stereocenters. The van der Waals surface area contributed by atoms with E-state index in [4.69, 9.17) is 16.2 Å². The quantitative estimate of drug-likeness (QED) is 0.552. The highest BCUT2D eigenvalue weighted by atomic mass is 16.5. The van der Waals surface area contributed by atoms with E-state index in [-0.39, 0.29) is 5.56 Å². The van der Waals surface area contributed by atoms with Crippen LogP contribution in [0.2, 0.25) is 0 Å². The number of nitrogens with one attached hydrogen (secondary N) is 1. The molecule has 108 valence electrons. The van der Waals surface area contributed by atoms with Crippen molar-refractivity contribution in [3.05, 3.63) is 28.8 Å². The van der Waals surface area contributed by atoms with Crippen LogP contribution in [0.1, 0.15) is 28.4 Å². The number of anilines is 1. The molecule has 0 bridgehead atoms. The van der Waals surface area contributed by atoms with Crippen molar-refractivity contribution in [2.75, 3.05) is 5.73 Å². The summed E-state index contributed by atoms with van der Waals surface area (Å²) in [6, 6.07) is 2.24. The smallest absolute Gasteiger partial charge is 0.339 e. The zero-order valence-corrected chi connectivity index (χ0v) is 11.5. The van der Waals surface area contributed by atoms with E-state index in [0.717, 1.165) is 5.56 Å². The van der Waals surface area contributed by atoms with Crippen LogP contribution in [0.4, 0.5) is 10.5 Å². The Bertz CT molecular complexity index is 569. The largest absolute Gasteiger partial charge is 0.449 e. The Morgan fingerprint density at radius 2 is 1.80 bits per heavy atom. The number of nitrogen functional groups attached to an aromatic ring is 1. The van der Waals surface area contributed by atoms with E-state index in [9.17, 15) is 14.4 Å². The molecule has 20 heavy (non-hydrogen) atoms. The zero-order valence-electron chi connectivity index (χ0n) is 11.5. The lowest BCUT2D eigenvalue weighted by Gasteiger charge is -2.14. The number of carbonyl (C=O) groups is 3. The highest BCUT2D eigenvalue weighted by molar-refractivity contribution is 5.98. The van der Waals surface area contributed by atoms with Crippen LogP contribution < -0.4 is 16.8 Å². The third-order valence-corrected chi connectivity index (χ3v) is 2.73. The lowest BCUT2D eigenvalue weighted by atomic mass is 10.0. The average Bonchev–Trinajstić information content (AvgIpc) is 2.32.